The van der Waals surface area contributed by atoms with E-state index in [1.807, 2.05) is 35.2 Å². The molecule has 164 valence electrons. The van der Waals surface area contributed by atoms with Crippen molar-refractivity contribution in [1.82, 2.24) is 10.6 Å². The maximum absolute atomic E-state index is 14.5. The molecule has 0 radical (unpaired) electrons. The fourth-order valence-electron chi connectivity index (χ4n) is 3.35. The SMILES string of the molecule is CN=C(NCCc1ccccc1OC)NCc1ccc(N2CCOCC2)c(F)c1.I. The van der Waals surface area contributed by atoms with Gasteiger partial charge < -0.3 is 25.0 Å². The van der Waals surface area contributed by atoms with Crippen molar-refractivity contribution in [2.45, 2.75) is 13.0 Å². The number of anilines is 1. The number of rotatable bonds is 7. The summed E-state index contributed by atoms with van der Waals surface area (Å²) in [4.78, 5) is 6.26. The monoisotopic (exact) mass is 528 g/mol. The summed E-state index contributed by atoms with van der Waals surface area (Å²) in [6.45, 7) is 3.92. The van der Waals surface area contributed by atoms with Crippen molar-refractivity contribution in [1.29, 1.82) is 0 Å². The molecule has 3 rings (SSSR count). The van der Waals surface area contributed by atoms with Gasteiger partial charge in [0.15, 0.2) is 5.96 Å². The summed E-state index contributed by atoms with van der Waals surface area (Å²) in [5.41, 5.74) is 2.64. The first kappa shape index (κ1) is 24.2. The number of morpholine rings is 1. The molecule has 0 atom stereocenters. The number of hydrogen-bond donors (Lipinski definition) is 2. The molecule has 0 saturated carbocycles. The molecule has 8 heteroatoms. The van der Waals surface area contributed by atoms with Gasteiger partial charge in [-0.15, -0.1) is 24.0 Å². The van der Waals surface area contributed by atoms with Crippen LogP contribution in [0.2, 0.25) is 0 Å². The van der Waals surface area contributed by atoms with E-state index in [1.165, 1.54) is 0 Å². The Morgan fingerprint density at radius 2 is 1.93 bits per heavy atom. The molecule has 1 aliphatic rings. The molecule has 0 spiro atoms. The smallest absolute Gasteiger partial charge is 0.191 e. The molecule has 0 aliphatic carbocycles. The molecule has 30 heavy (non-hydrogen) atoms. The third-order valence-corrected chi connectivity index (χ3v) is 4.93. The summed E-state index contributed by atoms with van der Waals surface area (Å²) >= 11 is 0. The first-order valence-electron chi connectivity index (χ1n) is 9.89. The number of aliphatic imine (C=N–C) groups is 1. The highest BCUT2D eigenvalue weighted by molar-refractivity contribution is 14.0. The van der Waals surface area contributed by atoms with Gasteiger partial charge in [-0.3, -0.25) is 4.99 Å². The van der Waals surface area contributed by atoms with Crippen LogP contribution in [0.25, 0.3) is 0 Å². The van der Waals surface area contributed by atoms with Gasteiger partial charge in [-0.25, -0.2) is 4.39 Å². The van der Waals surface area contributed by atoms with Gasteiger partial charge in [0.2, 0.25) is 0 Å². The summed E-state index contributed by atoms with van der Waals surface area (Å²) < 4.78 is 25.2. The van der Waals surface area contributed by atoms with Crippen LogP contribution in [0.4, 0.5) is 10.1 Å². The topological polar surface area (TPSA) is 58.1 Å². The zero-order chi connectivity index (χ0) is 20.5. The van der Waals surface area contributed by atoms with E-state index in [9.17, 15) is 4.39 Å². The third kappa shape index (κ3) is 6.73. The van der Waals surface area contributed by atoms with Crippen molar-refractivity contribution >= 4 is 35.6 Å². The molecule has 0 amide bonds. The number of guanidine groups is 1. The number of hydrogen-bond acceptors (Lipinski definition) is 4. The number of para-hydroxylation sites is 1. The van der Waals surface area contributed by atoms with Crippen LogP contribution in [-0.4, -0.2) is 53.0 Å². The Labute approximate surface area is 194 Å². The highest BCUT2D eigenvalue weighted by Crippen LogP contribution is 2.21. The van der Waals surface area contributed by atoms with E-state index < -0.39 is 0 Å². The number of nitrogens with one attached hydrogen (secondary N) is 2. The molecule has 1 fully saturated rings. The second-order valence-electron chi connectivity index (χ2n) is 6.80. The molecule has 6 nitrogen and oxygen atoms in total. The van der Waals surface area contributed by atoms with Crippen molar-refractivity contribution in [2.75, 3.05) is 51.9 Å². The number of halogens is 2. The van der Waals surface area contributed by atoms with E-state index in [0.717, 1.165) is 36.4 Å². The summed E-state index contributed by atoms with van der Waals surface area (Å²) in [5, 5.41) is 6.52. The number of benzene rings is 2. The van der Waals surface area contributed by atoms with Gasteiger partial charge in [0.1, 0.15) is 11.6 Å². The van der Waals surface area contributed by atoms with E-state index in [2.05, 4.69) is 21.7 Å². The average Bonchev–Trinajstić information content (AvgIpc) is 2.77. The van der Waals surface area contributed by atoms with Crippen LogP contribution in [0, 0.1) is 5.82 Å². The van der Waals surface area contributed by atoms with Crippen LogP contribution in [0.1, 0.15) is 11.1 Å². The maximum atomic E-state index is 14.5. The zero-order valence-electron chi connectivity index (χ0n) is 17.5. The van der Waals surface area contributed by atoms with Gasteiger partial charge in [-0.1, -0.05) is 24.3 Å². The Hall–Kier alpha value is -2.07. The van der Waals surface area contributed by atoms with Crippen molar-refractivity contribution in [3.63, 3.8) is 0 Å². The fourth-order valence-corrected chi connectivity index (χ4v) is 3.35. The second-order valence-corrected chi connectivity index (χ2v) is 6.80. The summed E-state index contributed by atoms with van der Waals surface area (Å²) in [6.07, 6.45) is 0.813. The summed E-state index contributed by atoms with van der Waals surface area (Å²) in [7, 11) is 3.40. The Balaban J connectivity index is 0.00000320. The standard InChI is InChI=1S/C22H29FN4O2.HI/c1-24-22(25-10-9-18-5-3-4-6-21(18)28-2)26-16-17-7-8-20(19(23)15-17)27-11-13-29-14-12-27;/h3-8,15H,9-14,16H2,1-2H3,(H2,24,25,26);1H. The second kappa shape index (κ2) is 12.6. The molecule has 0 aromatic heterocycles. The lowest BCUT2D eigenvalue weighted by atomic mass is 10.1. The minimum absolute atomic E-state index is 0. The van der Waals surface area contributed by atoms with E-state index in [4.69, 9.17) is 9.47 Å². The molecule has 2 aromatic rings. The van der Waals surface area contributed by atoms with Gasteiger partial charge in [0, 0.05) is 33.2 Å². The lowest BCUT2D eigenvalue weighted by Crippen LogP contribution is -2.38. The van der Waals surface area contributed by atoms with Crippen molar-refractivity contribution in [3.05, 3.63) is 59.4 Å². The highest BCUT2D eigenvalue weighted by atomic mass is 127. The van der Waals surface area contributed by atoms with Crippen LogP contribution in [0.15, 0.2) is 47.5 Å². The minimum Gasteiger partial charge on any atom is -0.496 e. The normalized spacial score (nSPS) is 14.1. The molecule has 0 unspecified atom stereocenters. The predicted octanol–water partition coefficient (Wildman–Crippen LogP) is 3.20. The van der Waals surface area contributed by atoms with Gasteiger partial charge in [0.05, 0.1) is 26.0 Å². The summed E-state index contributed by atoms with van der Waals surface area (Å²) in [5.74, 6) is 1.36. The van der Waals surface area contributed by atoms with Crippen LogP contribution >= 0.6 is 24.0 Å². The van der Waals surface area contributed by atoms with Crippen LogP contribution < -0.4 is 20.3 Å². The lowest BCUT2D eigenvalue weighted by molar-refractivity contribution is 0.122. The zero-order valence-corrected chi connectivity index (χ0v) is 19.8. The van der Waals surface area contributed by atoms with Crippen LogP contribution in [0.5, 0.6) is 5.75 Å². The van der Waals surface area contributed by atoms with Crippen LogP contribution in [-0.2, 0) is 17.7 Å². The fraction of sp³-hybridized carbons (Fsp3) is 0.409. The number of methoxy groups -OCH3 is 1. The third-order valence-electron chi connectivity index (χ3n) is 4.93. The Bertz CT molecular complexity index is 829. The largest absolute Gasteiger partial charge is 0.496 e. The van der Waals surface area contributed by atoms with E-state index in [-0.39, 0.29) is 29.8 Å². The van der Waals surface area contributed by atoms with Crippen molar-refractivity contribution < 1.29 is 13.9 Å². The van der Waals surface area contributed by atoms with Gasteiger partial charge >= 0.3 is 0 Å². The quantitative estimate of drug-likeness (QED) is 0.329. The molecular weight excluding hydrogens is 498 g/mol. The van der Waals surface area contributed by atoms with E-state index >= 15 is 0 Å². The minimum atomic E-state index is -0.203. The molecule has 1 aliphatic heterocycles. The maximum Gasteiger partial charge on any atom is 0.191 e. The molecule has 2 N–H and O–H groups in total. The molecule has 2 aromatic carbocycles. The first-order valence-corrected chi connectivity index (χ1v) is 9.89. The predicted molar refractivity (Wildman–Crippen MR) is 130 cm³/mol. The van der Waals surface area contributed by atoms with E-state index in [0.29, 0.717) is 38.0 Å². The first-order chi connectivity index (χ1) is 14.2. The molecule has 1 heterocycles. The van der Waals surface area contributed by atoms with Gasteiger partial charge in [-0.2, -0.15) is 0 Å². The summed E-state index contributed by atoms with van der Waals surface area (Å²) in [6, 6.07) is 13.3. The lowest BCUT2D eigenvalue weighted by Gasteiger charge is -2.29. The average molecular weight is 528 g/mol. The van der Waals surface area contributed by atoms with Crippen molar-refractivity contribution in [2.24, 2.45) is 4.99 Å². The molecule has 0 bridgehead atoms. The van der Waals surface area contributed by atoms with E-state index in [1.54, 1.807) is 20.2 Å². The van der Waals surface area contributed by atoms with Gasteiger partial charge in [-0.05, 0) is 35.7 Å². The number of nitrogens with zero attached hydrogens (tertiary/aromatic N) is 2. The van der Waals surface area contributed by atoms with Crippen LogP contribution in [0.3, 0.4) is 0 Å². The van der Waals surface area contributed by atoms with Gasteiger partial charge in [0.25, 0.3) is 0 Å². The Morgan fingerprint density at radius 3 is 2.63 bits per heavy atom. The van der Waals surface area contributed by atoms with Crippen molar-refractivity contribution in [3.8, 4) is 5.75 Å². The Morgan fingerprint density at radius 1 is 1.17 bits per heavy atom. The Kier molecular flexibility index (Phi) is 10.2. The molecule has 1 saturated heterocycles. The number of ether oxygens (including phenoxy) is 2. The highest BCUT2D eigenvalue weighted by Gasteiger charge is 2.15. The molecular formula is C22H30FIN4O2.